The Morgan fingerprint density at radius 3 is 2.52 bits per heavy atom. The molecular weight excluding hydrogens is 535 g/mol. The van der Waals surface area contributed by atoms with E-state index in [1.165, 1.54) is 30.0 Å². The van der Waals surface area contributed by atoms with Gasteiger partial charge in [0.1, 0.15) is 17.7 Å². The minimum absolute atomic E-state index is 0.105. The smallest absolute Gasteiger partial charge is 0.473 e. The van der Waals surface area contributed by atoms with Crippen molar-refractivity contribution >= 4 is 17.9 Å². The molecule has 0 bridgehead atoms. The van der Waals surface area contributed by atoms with Gasteiger partial charge in [0.25, 0.3) is 0 Å². The summed E-state index contributed by atoms with van der Waals surface area (Å²) in [6.45, 7) is 1.60. The van der Waals surface area contributed by atoms with Crippen molar-refractivity contribution in [2.45, 2.75) is 51.4 Å². The van der Waals surface area contributed by atoms with Crippen LogP contribution in [0.2, 0.25) is 0 Å². The van der Waals surface area contributed by atoms with Gasteiger partial charge in [-0.2, -0.15) is 0 Å². The number of methoxy groups -OCH3 is 1. The molecule has 4 N–H and O–H groups in total. The van der Waals surface area contributed by atoms with E-state index < -0.39 is 24.2 Å². The molecule has 0 aliphatic heterocycles. The second-order valence-electron chi connectivity index (χ2n) is 9.11. The predicted octanol–water partition coefficient (Wildman–Crippen LogP) is 4.72. The highest BCUT2D eigenvalue weighted by atomic mass is 19.4. The van der Waals surface area contributed by atoms with Crippen molar-refractivity contribution in [2.24, 2.45) is 0 Å². The number of hydrogen-bond donors (Lipinski definition) is 4. The lowest BCUT2D eigenvalue weighted by molar-refractivity contribution is -0.274. The third-order valence-corrected chi connectivity index (χ3v) is 6.11. The second-order valence-corrected chi connectivity index (χ2v) is 9.11. The molecule has 1 heterocycles. The van der Waals surface area contributed by atoms with E-state index in [0.29, 0.717) is 29.7 Å². The number of hydrogen-bond acceptors (Lipinski definition) is 6. The van der Waals surface area contributed by atoms with Gasteiger partial charge in [0, 0.05) is 38.1 Å². The molecule has 3 aromatic rings. The highest BCUT2D eigenvalue weighted by Crippen LogP contribution is 2.33. The zero-order valence-electron chi connectivity index (χ0n) is 21.6. The molecule has 1 aliphatic carbocycles. The van der Waals surface area contributed by atoms with E-state index in [4.69, 9.17) is 14.6 Å². The molecule has 214 valence electrons. The topological polar surface area (TPSA) is 136 Å². The summed E-state index contributed by atoms with van der Waals surface area (Å²) in [5.74, 6) is 0.106. The fourth-order valence-corrected chi connectivity index (χ4v) is 4.18. The number of aromatic nitrogens is 2. The van der Waals surface area contributed by atoms with Crippen LogP contribution in [0.25, 0.3) is 5.69 Å². The van der Waals surface area contributed by atoms with E-state index in [0.717, 1.165) is 0 Å². The van der Waals surface area contributed by atoms with Gasteiger partial charge in [-0.25, -0.2) is 14.3 Å². The van der Waals surface area contributed by atoms with Crippen molar-refractivity contribution in [2.75, 3.05) is 12.4 Å². The van der Waals surface area contributed by atoms with E-state index in [9.17, 15) is 22.8 Å². The molecule has 1 aliphatic rings. The van der Waals surface area contributed by atoms with Crippen LogP contribution < -0.4 is 25.4 Å². The molecule has 0 unspecified atom stereocenters. The number of carboxylic acid groups (broad SMARTS) is 1. The minimum Gasteiger partial charge on any atom is -0.473 e. The van der Waals surface area contributed by atoms with Gasteiger partial charge in [0.05, 0.1) is 17.9 Å². The number of carbonyl (C=O) groups is 2. The number of alkyl halides is 3. The summed E-state index contributed by atoms with van der Waals surface area (Å²) in [7, 11) is 1.46. The van der Waals surface area contributed by atoms with Crippen molar-refractivity contribution in [1.82, 2.24) is 20.4 Å². The highest BCUT2D eigenvalue weighted by molar-refractivity contribution is 5.89. The lowest BCUT2D eigenvalue weighted by Crippen LogP contribution is -2.48. The number of carbonyl (C=O) groups excluding carboxylic acids is 1. The summed E-state index contributed by atoms with van der Waals surface area (Å²) >= 11 is 0. The second kappa shape index (κ2) is 12.2. The molecule has 11 nitrogen and oxygen atoms in total. The van der Waals surface area contributed by atoms with Gasteiger partial charge in [0.15, 0.2) is 0 Å². The van der Waals surface area contributed by atoms with E-state index >= 15 is 0 Å². The van der Waals surface area contributed by atoms with Gasteiger partial charge >= 0.3 is 18.5 Å². The van der Waals surface area contributed by atoms with Gasteiger partial charge < -0.3 is 30.0 Å². The van der Waals surface area contributed by atoms with Crippen molar-refractivity contribution in [1.29, 1.82) is 0 Å². The van der Waals surface area contributed by atoms with E-state index in [1.807, 2.05) is 6.07 Å². The summed E-state index contributed by atoms with van der Waals surface area (Å²) < 4.78 is 55.3. The molecule has 0 saturated heterocycles. The first-order chi connectivity index (χ1) is 19.0. The van der Waals surface area contributed by atoms with Crippen LogP contribution in [0.15, 0.2) is 48.5 Å². The van der Waals surface area contributed by atoms with Gasteiger partial charge in [-0.3, -0.25) is 5.32 Å². The number of nitrogens with zero attached hydrogens (tertiary/aromatic N) is 2. The average molecular weight is 564 g/mol. The Morgan fingerprint density at radius 2 is 1.88 bits per heavy atom. The van der Waals surface area contributed by atoms with Crippen LogP contribution in [0.1, 0.15) is 29.5 Å². The Balaban J connectivity index is 1.50. The molecule has 1 aromatic heterocycles. The Bertz CT molecular complexity index is 1340. The highest BCUT2D eigenvalue weighted by Gasteiger charge is 2.34. The molecule has 4 rings (SSSR count). The summed E-state index contributed by atoms with van der Waals surface area (Å²) in [5, 5.41) is 21.0. The van der Waals surface area contributed by atoms with Crippen molar-refractivity contribution in [3.63, 3.8) is 0 Å². The summed E-state index contributed by atoms with van der Waals surface area (Å²) in [6, 6.07) is 12.1. The largest absolute Gasteiger partial charge is 0.573 e. The molecule has 3 amide bonds. The van der Waals surface area contributed by atoms with E-state index in [1.54, 1.807) is 31.2 Å². The Labute approximate surface area is 227 Å². The van der Waals surface area contributed by atoms with Crippen LogP contribution in [-0.2, 0) is 17.9 Å². The molecule has 1 fully saturated rings. The maximum Gasteiger partial charge on any atom is 0.573 e. The predicted molar refractivity (Wildman–Crippen MR) is 137 cm³/mol. The fraction of sp³-hybridized carbons (Fsp3) is 0.346. The van der Waals surface area contributed by atoms with Gasteiger partial charge in [-0.05, 0) is 36.8 Å². The maximum atomic E-state index is 12.9. The number of nitrogens with one attached hydrogen (secondary N) is 3. The number of halogens is 3. The van der Waals surface area contributed by atoms with Crippen LogP contribution >= 0.6 is 0 Å². The van der Waals surface area contributed by atoms with Crippen molar-refractivity contribution in [3.8, 4) is 17.3 Å². The lowest BCUT2D eigenvalue weighted by Gasteiger charge is -2.34. The molecule has 40 heavy (non-hydrogen) atoms. The standard InChI is InChI=1S/C26H28F3N5O6/c1-15-22(32-24(35)30-13-17-10-16(14-38-2)8-9-21(17)40-26(27,28)29)34(19-6-4-3-5-7-19)33-23(15)39-20-11-18(12-20)31-25(36)37/h3-10,18,20,31H,11-14H2,1-2H3,(H,36,37)(H2,30,32,35)/t18-,20-. The number of para-hydroxylation sites is 1. The quantitative estimate of drug-likeness (QED) is 0.280. The van der Waals surface area contributed by atoms with E-state index in [2.05, 4.69) is 25.8 Å². The third-order valence-electron chi connectivity index (χ3n) is 6.11. The van der Waals surface area contributed by atoms with Crippen molar-refractivity contribution in [3.05, 3.63) is 65.2 Å². The van der Waals surface area contributed by atoms with Gasteiger partial charge in [0.2, 0.25) is 5.88 Å². The average Bonchev–Trinajstić information content (AvgIpc) is 3.17. The zero-order valence-corrected chi connectivity index (χ0v) is 21.6. The Hall–Kier alpha value is -4.46. The molecule has 1 saturated carbocycles. The number of amides is 3. The summed E-state index contributed by atoms with van der Waals surface area (Å²) in [5.41, 5.74) is 1.85. The third kappa shape index (κ3) is 7.34. The molecule has 2 aromatic carbocycles. The van der Waals surface area contributed by atoms with Gasteiger partial charge in [-0.15, -0.1) is 18.3 Å². The molecule has 0 spiro atoms. The number of anilines is 1. The first-order valence-corrected chi connectivity index (χ1v) is 12.2. The zero-order chi connectivity index (χ0) is 28.9. The van der Waals surface area contributed by atoms with Crippen molar-refractivity contribution < 1.29 is 42.1 Å². The van der Waals surface area contributed by atoms with Crippen LogP contribution in [0.3, 0.4) is 0 Å². The Kier molecular flexibility index (Phi) is 8.67. The SMILES string of the molecule is COCc1ccc(OC(F)(F)F)c(CNC(=O)Nc2c(C)c(O[C@H]3C[C@H](NC(=O)O)C3)nn2-c2ccccc2)c1. The van der Waals surface area contributed by atoms with Crippen LogP contribution in [0.5, 0.6) is 11.6 Å². The number of urea groups is 1. The van der Waals surface area contributed by atoms with Crippen LogP contribution in [0, 0.1) is 6.92 Å². The van der Waals surface area contributed by atoms with Gasteiger partial charge in [-0.1, -0.05) is 24.3 Å². The van der Waals surface area contributed by atoms with Crippen LogP contribution in [-0.4, -0.2) is 52.6 Å². The maximum absolute atomic E-state index is 12.9. The lowest BCUT2D eigenvalue weighted by atomic mass is 9.89. The van der Waals surface area contributed by atoms with E-state index in [-0.39, 0.29) is 42.6 Å². The summed E-state index contributed by atoms with van der Waals surface area (Å²) in [6.07, 6.45) is -5.33. The number of rotatable bonds is 10. The fourth-order valence-electron chi connectivity index (χ4n) is 4.18. The number of ether oxygens (including phenoxy) is 3. The monoisotopic (exact) mass is 563 g/mol. The molecule has 0 atom stereocenters. The van der Waals surface area contributed by atoms with Crippen LogP contribution in [0.4, 0.5) is 28.6 Å². The first kappa shape index (κ1) is 28.5. The number of benzene rings is 2. The normalized spacial score (nSPS) is 16.5. The molecule has 0 radical (unpaired) electrons. The first-order valence-electron chi connectivity index (χ1n) is 12.2. The molecule has 14 heteroatoms. The Morgan fingerprint density at radius 1 is 1.15 bits per heavy atom. The summed E-state index contributed by atoms with van der Waals surface area (Å²) in [4.78, 5) is 23.7. The minimum atomic E-state index is -4.90. The molecular formula is C26H28F3N5O6.